The van der Waals surface area contributed by atoms with Crippen molar-refractivity contribution in [2.75, 3.05) is 13.1 Å². The molecule has 2 aliphatic rings. The summed E-state index contributed by atoms with van der Waals surface area (Å²) in [5.41, 5.74) is 2.13. The van der Waals surface area contributed by atoms with E-state index in [9.17, 15) is 9.90 Å². The van der Waals surface area contributed by atoms with Crippen molar-refractivity contribution in [3.8, 4) is 0 Å². The van der Waals surface area contributed by atoms with Gasteiger partial charge in [-0.2, -0.15) is 0 Å². The molecular formula is C19H27NO2. The van der Waals surface area contributed by atoms with Crippen molar-refractivity contribution in [2.45, 2.75) is 51.6 Å². The average molecular weight is 301 g/mol. The minimum Gasteiger partial charge on any atom is -0.390 e. The molecule has 3 rings (SSSR count). The summed E-state index contributed by atoms with van der Waals surface area (Å²) < 4.78 is 0. The quantitative estimate of drug-likeness (QED) is 0.932. The molecule has 0 aromatic heterocycles. The maximum atomic E-state index is 12.4. The second-order valence-electron chi connectivity index (χ2n) is 7.56. The molecule has 1 aliphatic carbocycles. The molecule has 1 heterocycles. The van der Waals surface area contributed by atoms with E-state index in [0.717, 1.165) is 32.4 Å². The van der Waals surface area contributed by atoms with Crippen LogP contribution in [0.1, 0.15) is 43.7 Å². The molecule has 1 saturated carbocycles. The highest BCUT2D eigenvalue weighted by atomic mass is 16.3. The van der Waals surface area contributed by atoms with Gasteiger partial charge < -0.3 is 10.0 Å². The highest BCUT2D eigenvalue weighted by Crippen LogP contribution is 2.39. The van der Waals surface area contributed by atoms with Crippen molar-refractivity contribution < 1.29 is 9.90 Å². The fourth-order valence-corrected chi connectivity index (χ4v) is 3.96. The van der Waals surface area contributed by atoms with Gasteiger partial charge in [0.2, 0.25) is 5.91 Å². The number of rotatable bonds is 3. The van der Waals surface area contributed by atoms with E-state index in [1.807, 2.05) is 11.8 Å². The number of piperidine rings is 1. The number of carbonyl (C=O) groups excluding carboxylic acids is 1. The van der Waals surface area contributed by atoms with Crippen LogP contribution in [0, 0.1) is 18.8 Å². The standard InChI is InChI=1S/C19H27NO2/c1-14-4-3-5-16(10-14)11-15-6-8-20(9-7-15)18(21)17-12-19(2,22)13-17/h3-5,10,15,17,22H,6-9,11-13H2,1-2H3/t17-,19+. The molecule has 120 valence electrons. The maximum Gasteiger partial charge on any atom is 0.225 e. The first-order valence-electron chi connectivity index (χ1n) is 8.50. The number of hydrogen-bond donors (Lipinski definition) is 1. The summed E-state index contributed by atoms with van der Waals surface area (Å²) in [5, 5.41) is 9.79. The van der Waals surface area contributed by atoms with Crippen molar-refractivity contribution in [1.82, 2.24) is 4.90 Å². The molecule has 1 N–H and O–H groups in total. The third kappa shape index (κ3) is 3.52. The van der Waals surface area contributed by atoms with E-state index in [4.69, 9.17) is 0 Å². The Morgan fingerprint density at radius 2 is 2.00 bits per heavy atom. The van der Waals surface area contributed by atoms with Crippen LogP contribution in [0.2, 0.25) is 0 Å². The van der Waals surface area contributed by atoms with E-state index in [1.54, 1.807) is 0 Å². The van der Waals surface area contributed by atoms with Crippen LogP contribution in [0.4, 0.5) is 0 Å². The Labute approximate surface area is 133 Å². The van der Waals surface area contributed by atoms with E-state index in [-0.39, 0.29) is 11.8 Å². The van der Waals surface area contributed by atoms with E-state index < -0.39 is 5.60 Å². The molecule has 0 radical (unpaired) electrons. The topological polar surface area (TPSA) is 40.5 Å². The lowest BCUT2D eigenvalue weighted by atomic mass is 9.71. The summed E-state index contributed by atoms with van der Waals surface area (Å²) in [5.74, 6) is 1.01. The lowest BCUT2D eigenvalue weighted by molar-refractivity contribution is -0.151. The Morgan fingerprint density at radius 3 is 2.59 bits per heavy atom. The van der Waals surface area contributed by atoms with Crippen LogP contribution in [0.15, 0.2) is 24.3 Å². The summed E-state index contributed by atoms with van der Waals surface area (Å²) in [6.07, 6.45) is 4.59. The van der Waals surface area contributed by atoms with Crippen molar-refractivity contribution in [3.05, 3.63) is 35.4 Å². The SMILES string of the molecule is Cc1cccc(CC2CCN(C(=O)[C@H]3C[C@@](C)(O)C3)CC2)c1. The smallest absolute Gasteiger partial charge is 0.225 e. The molecule has 3 nitrogen and oxygen atoms in total. The molecular weight excluding hydrogens is 274 g/mol. The number of amides is 1. The third-order valence-corrected chi connectivity index (χ3v) is 5.25. The zero-order valence-corrected chi connectivity index (χ0v) is 13.7. The molecule has 1 aromatic carbocycles. The van der Waals surface area contributed by atoms with Crippen molar-refractivity contribution in [3.63, 3.8) is 0 Å². The molecule has 2 fully saturated rings. The number of benzene rings is 1. The maximum absolute atomic E-state index is 12.4. The number of carbonyl (C=O) groups is 1. The van der Waals surface area contributed by atoms with Gasteiger partial charge in [-0.15, -0.1) is 0 Å². The Balaban J connectivity index is 1.47. The predicted octanol–water partition coefficient (Wildman–Crippen LogP) is 2.94. The van der Waals surface area contributed by atoms with Gasteiger partial charge >= 0.3 is 0 Å². The van der Waals surface area contributed by atoms with E-state index >= 15 is 0 Å². The van der Waals surface area contributed by atoms with Crippen LogP contribution in [0.3, 0.4) is 0 Å². The van der Waals surface area contributed by atoms with Gasteiger partial charge in [0.1, 0.15) is 0 Å². The van der Waals surface area contributed by atoms with Crippen molar-refractivity contribution in [2.24, 2.45) is 11.8 Å². The minimum absolute atomic E-state index is 0.0586. The Morgan fingerprint density at radius 1 is 1.32 bits per heavy atom. The largest absolute Gasteiger partial charge is 0.390 e. The lowest BCUT2D eigenvalue weighted by Gasteiger charge is -2.43. The van der Waals surface area contributed by atoms with Crippen LogP contribution in [-0.2, 0) is 11.2 Å². The van der Waals surface area contributed by atoms with Gasteiger partial charge in [-0.05, 0) is 57.4 Å². The number of aryl methyl sites for hydroxylation is 1. The molecule has 0 atom stereocenters. The van der Waals surface area contributed by atoms with Gasteiger partial charge in [-0.25, -0.2) is 0 Å². The highest BCUT2D eigenvalue weighted by Gasteiger charge is 2.44. The van der Waals surface area contributed by atoms with Gasteiger partial charge in [-0.1, -0.05) is 29.8 Å². The Kier molecular flexibility index (Phi) is 4.26. The zero-order valence-electron chi connectivity index (χ0n) is 13.7. The highest BCUT2D eigenvalue weighted by molar-refractivity contribution is 5.80. The van der Waals surface area contributed by atoms with Crippen LogP contribution in [0.5, 0.6) is 0 Å². The molecule has 22 heavy (non-hydrogen) atoms. The van der Waals surface area contributed by atoms with E-state index in [2.05, 4.69) is 31.2 Å². The minimum atomic E-state index is -0.607. The number of likely N-dealkylation sites (tertiary alicyclic amines) is 1. The second kappa shape index (κ2) is 6.04. The molecule has 0 spiro atoms. The Hall–Kier alpha value is -1.35. The summed E-state index contributed by atoms with van der Waals surface area (Å²) >= 11 is 0. The first kappa shape index (κ1) is 15.5. The van der Waals surface area contributed by atoms with Crippen LogP contribution in [0.25, 0.3) is 0 Å². The monoisotopic (exact) mass is 301 g/mol. The van der Waals surface area contributed by atoms with Crippen LogP contribution < -0.4 is 0 Å². The van der Waals surface area contributed by atoms with Gasteiger partial charge in [0, 0.05) is 19.0 Å². The number of aliphatic hydroxyl groups is 1. The van der Waals surface area contributed by atoms with E-state index in [0.29, 0.717) is 18.8 Å². The first-order chi connectivity index (χ1) is 10.4. The predicted molar refractivity (Wildman–Crippen MR) is 87.5 cm³/mol. The van der Waals surface area contributed by atoms with E-state index in [1.165, 1.54) is 11.1 Å². The van der Waals surface area contributed by atoms with Gasteiger partial charge in [0.05, 0.1) is 5.60 Å². The molecule has 0 unspecified atom stereocenters. The summed E-state index contributed by atoms with van der Waals surface area (Å²) in [4.78, 5) is 14.4. The molecule has 1 aromatic rings. The van der Waals surface area contributed by atoms with Gasteiger partial charge in [-0.3, -0.25) is 4.79 Å². The number of hydrogen-bond acceptors (Lipinski definition) is 2. The average Bonchev–Trinajstić information content (AvgIpc) is 2.45. The normalized spacial score (nSPS) is 29.2. The second-order valence-corrected chi connectivity index (χ2v) is 7.56. The van der Waals surface area contributed by atoms with Crippen molar-refractivity contribution in [1.29, 1.82) is 0 Å². The number of nitrogens with zero attached hydrogens (tertiary/aromatic N) is 1. The molecule has 1 saturated heterocycles. The molecule has 0 bridgehead atoms. The zero-order chi connectivity index (χ0) is 15.7. The van der Waals surface area contributed by atoms with Gasteiger partial charge in [0.15, 0.2) is 0 Å². The summed E-state index contributed by atoms with van der Waals surface area (Å²) in [6, 6.07) is 8.75. The summed E-state index contributed by atoms with van der Waals surface area (Å²) in [7, 11) is 0. The van der Waals surface area contributed by atoms with Crippen LogP contribution in [-0.4, -0.2) is 34.6 Å². The Bertz CT molecular complexity index is 536. The summed E-state index contributed by atoms with van der Waals surface area (Å²) in [6.45, 7) is 5.73. The fourth-order valence-electron chi connectivity index (χ4n) is 3.96. The third-order valence-electron chi connectivity index (χ3n) is 5.25. The fraction of sp³-hybridized carbons (Fsp3) is 0.632. The first-order valence-corrected chi connectivity index (χ1v) is 8.50. The van der Waals surface area contributed by atoms with Gasteiger partial charge in [0.25, 0.3) is 0 Å². The van der Waals surface area contributed by atoms with Crippen LogP contribution >= 0.6 is 0 Å². The molecule has 1 amide bonds. The molecule has 1 aliphatic heterocycles. The molecule has 3 heteroatoms. The lowest BCUT2D eigenvalue weighted by Crippen LogP contribution is -2.51. The van der Waals surface area contributed by atoms with Crippen molar-refractivity contribution >= 4 is 5.91 Å².